The maximum absolute atomic E-state index is 14.9. The van der Waals surface area contributed by atoms with Crippen LogP contribution in [0, 0.1) is 5.92 Å². The first-order chi connectivity index (χ1) is 53.4. The minimum absolute atomic E-state index is 0.00133. The molecular formula is C78H87N9O23S. The molecule has 5 atom stereocenters. The van der Waals surface area contributed by atoms with Crippen molar-refractivity contribution < 1.29 is 108 Å². The van der Waals surface area contributed by atoms with Crippen molar-refractivity contribution in [1.29, 1.82) is 0 Å². The lowest BCUT2D eigenvalue weighted by atomic mass is 10.0. The van der Waals surface area contributed by atoms with Crippen LogP contribution in [0.5, 0.6) is 23.0 Å². The molecule has 0 aliphatic carbocycles. The molecule has 588 valence electrons. The van der Waals surface area contributed by atoms with Gasteiger partial charge >= 0.3 is 12.1 Å². The molecule has 0 spiro atoms. The van der Waals surface area contributed by atoms with Gasteiger partial charge in [-0.15, -0.1) is 0 Å². The molecule has 6 N–H and O–H groups in total. The van der Waals surface area contributed by atoms with Crippen LogP contribution >= 0.6 is 0 Å². The van der Waals surface area contributed by atoms with Gasteiger partial charge < -0.3 is 83.8 Å². The van der Waals surface area contributed by atoms with Gasteiger partial charge in [0.2, 0.25) is 23.6 Å². The lowest BCUT2D eigenvalue weighted by Crippen LogP contribution is -2.53. The van der Waals surface area contributed by atoms with Crippen molar-refractivity contribution in [3.63, 3.8) is 0 Å². The van der Waals surface area contributed by atoms with Crippen molar-refractivity contribution in [3.8, 4) is 23.0 Å². The van der Waals surface area contributed by atoms with Crippen LogP contribution in [0.15, 0.2) is 127 Å². The molecule has 0 fully saturated rings. The number of nitrogens with zero attached hydrogens (tertiary/aromatic N) is 4. The molecule has 5 aliphatic heterocycles. The minimum Gasteiger partial charge on any atom is -0.493 e. The van der Waals surface area contributed by atoms with E-state index in [1.165, 1.54) is 62.3 Å². The summed E-state index contributed by atoms with van der Waals surface area (Å²) in [4.78, 5) is 138. The highest BCUT2D eigenvalue weighted by Gasteiger charge is 2.48. The molecule has 1 unspecified atom stereocenters. The molecule has 0 bridgehead atoms. The first-order valence-electron chi connectivity index (χ1n) is 35.9. The number of carbonyl (C=O) groups is 10. The lowest BCUT2D eigenvalue weighted by Gasteiger charge is -2.27. The average molecular weight is 1550 g/mol. The van der Waals surface area contributed by atoms with E-state index in [2.05, 4.69) is 26.6 Å². The molecule has 33 heteroatoms. The summed E-state index contributed by atoms with van der Waals surface area (Å²) in [5.74, 6) is -4.28. The van der Waals surface area contributed by atoms with Crippen LogP contribution in [0.25, 0.3) is 0 Å². The Morgan fingerprint density at radius 3 is 1.77 bits per heavy atom. The molecule has 0 saturated heterocycles. The Morgan fingerprint density at radius 2 is 1.16 bits per heavy atom. The third-order valence-electron chi connectivity index (χ3n) is 18.9. The highest BCUT2D eigenvalue weighted by Crippen LogP contribution is 2.45. The van der Waals surface area contributed by atoms with E-state index in [4.69, 9.17) is 47.4 Å². The zero-order chi connectivity index (χ0) is 79.0. The van der Waals surface area contributed by atoms with Gasteiger partial charge in [0, 0.05) is 67.3 Å². The second kappa shape index (κ2) is 36.8. The molecular weight excluding hydrogens is 1460 g/mol. The Hall–Kier alpha value is -11.5. The number of fused-ring (bicyclic) bond motifs is 8. The summed E-state index contributed by atoms with van der Waals surface area (Å²) < 4.78 is 94.0. The van der Waals surface area contributed by atoms with E-state index in [0.29, 0.717) is 53.4 Å². The van der Waals surface area contributed by atoms with Gasteiger partial charge in [-0.25, -0.2) is 9.59 Å². The van der Waals surface area contributed by atoms with Crippen molar-refractivity contribution in [2.75, 3.05) is 119 Å². The van der Waals surface area contributed by atoms with Gasteiger partial charge in [-0.2, -0.15) is 8.42 Å². The first kappa shape index (κ1) is 80.5. The topological polar surface area (TPSA) is 390 Å². The number of rotatable bonds is 36. The SMILES string of the molecule is COC(=O)c1cc(COc2cc3c(cc2OC)C(=O)N2c4ccccc4C[C@H]2C(S(=O)(=O)O)N3)cc(COc2cc3c(cc2OC)C(=O)N2c4ccccc4C[C@H]2CN3C(=O)OCc2ccc(NC(=O)[C@H](C)NC(=O)[C@@H](NC(=O)CCOCCOCCOCCOCCNC(=O)CCN3C(=O)C=CC3=O)C(C)C)cc2)c1. The van der Waals surface area contributed by atoms with Gasteiger partial charge in [-0.1, -0.05) is 62.4 Å². The van der Waals surface area contributed by atoms with Gasteiger partial charge in [-0.3, -0.25) is 52.7 Å². The van der Waals surface area contributed by atoms with Crippen LogP contribution < -0.4 is 60.2 Å². The smallest absolute Gasteiger partial charge is 0.414 e. The molecule has 5 aliphatic rings. The predicted octanol–water partition coefficient (Wildman–Crippen LogP) is 6.06. The lowest BCUT2D eigenvalue weighted by molar-refractivity contribution is -0.137. The zero-order valence-corrected chi connectivity index (χ0v) is 62.8. The van der Waals surface area contributed by atoms with Gasteiger partial charge in [0.05, 0.1) is 121 Å². The Bertz CT molecular complexity index is 4630. The van der Waals surface area contributed by atoms with Gasteiger partial charge in [0.15, 0.2) is 28.4 Å². The maximum atomic E-state index is 14.9. The van der Waals surface area contributed by atoms with Crippen molar-refractivity contribution in [2.45, 2.75) is 95.8 Å². The number of hydrogen-bond donors (Lipinski definition) is 6. The number of imide groups is 1. The number of ether oxygens (including phenoxy) is 10. The van der Waals surface area contributed by atoms with Gasteiger partial charge in [-0.05, 0) is 108 Å². The molecule has 5 heterocycles. The summed E-state index contributed by atoms with van der Waals surface area (Å²) in [7, 11) is -0.803. The molecule has 0 aromatic heterocycles. The second-order valence-corrected chi connectivity index (χ2v) is 28.4. The Kier molecular flexibility index (Phi) is 26.7. The van der Waals surface area contributed by atoms with Crippen LogP contribution in [-0.2, 0) is 100.0 Å². The minimum atomic E-state index is -4.80. The van der Waals surface area contributed by atoms with Crippen LogP contribution in [0.4, 0.5) is 33.2 Å². The molecule has 9 amide bonds. The summed E-state index contributed by atoms with van der Waals surface area (Å²) >= 11 is 0. The predicted molar refractivity (Wildman–Crippen MR) is 401 cm³/mol. The van der Waals surface area contributed by atoms with Crippen molar-refractivity contribution in [1.82, 2.24) is 20.9 Å². The van der Waals surface area contributed by atoms with Crippen LogP contribution in [-0.4, -0.2) is 201 Å². The van der Waals surface area contributed by atoms with Crippen LogP contribution in [0.1, 0.15) is 92.5 Å². The van der Waals surface area contributed by atoms with E-state index in [1.807, 2.05) is 24.3 Å². The third kappa shape index (κ3) is 19.8. The maximum Gasteiger partial charge on any atom is 0.414 e. The number of methoxy groups -OCH3 is 3. The number of anilines is 5. The number of carbonyl (C=O) groups excluding carboxylic acids is 10. The zero-order valence-electron chi connectivity index (χ0n) is 61.9. The highest BCUT2D eigenvalue weighted by molar-refractivity contribution is 7.86. The van der Waals surface area contributed by atoms with E-state index in [9.17, 15) is 60.9 Å². The van der Waals surface area contributed by atoms with E-state index < -0.39 is 93.1 Å². The molecule has 6 aromatic rings. The Balaban J connectivity index is 0.659. The molecule has 0 saturated carbocycles. The Labute approximate surface area is 639 Å². The summed E-state index contributed by atoms with van der Waals surface area (Å²) in [6.07, 6.45) is 2.06. The quantitative estimate of drug-likeness (QED) is 0.0113. The van der Waals surface area contributed by atoms with Gasteiger partial charge in [0.25, 0.3) is 33.7 Å². The summed E-state index contributed by atoms with van der Waals surface area (Å²) in [5.41, 5.74) is 5.10. The van der Waals surface area contributed by atoms with E-state index in [-0.39, 0.29) is 161 Å². The first-order valence-corrected chi connectivity index (χ1v) is 37.4. The summed E-state index contributed by atoms with van der Waals surface area (Å²) in [6.45, 7) is 6.53. The number of esters is 1. The van der Waals surface area contributed by atoms with E-state index >= 15 is 0 Å². The van der Waals surface area contributed by atoms with Crippen LogP contribution in [0.3, 0.4) is 0 Å². The fraction of sp³-hybridized carbons (Fsp3) is 0.385. The molecule has 32 nitrogen and oxygen atoms in total. The average Bonchev–Trinajstić information content (AvgIpc) is 1.63. The van der Waals surface area contributed by atoms with Crippen molar-refractivity contribution >= 4 is 97.9 Å². The molecule has 111 heavy (non-hydrogen) atoms. The molecule has 6 aromatic carbocycles. The summed E-state index contributed by atoms with van der Waals surface area (Å²) in [6, 6.07) is 28.1. The number of amides is 9. The van der Waals surface area contributed by atoms with E-state index in [1.54, 1.807) is 85.5 Å². The number of benzene rings is 6. The number of nitrogens with one attached hydrogen (secondary N) is 5. The molecule has 11 rings (SSSR count). The normalized spacial score (nSPS) is 16.5. The van der Waals surface area contributed by atoms with Crippen LogP contribution in [0.2, 0.25) is 0 Å². The third-order valence-corrected chi connectivity index (χ3v) is 20.0. The largest absolute Gasteiger partial charge is 0.493 e. The standard InChI is InChI=1S/C78H87N9O23S/c1-46(2)71(83-68(89)22-25-104-27-29-106-31-32-107-30-28-105-26-23-79-67(88)21-24-84-69(90)19-20-70(84)91)73(93)80-47(3)72(92)81-54-17-15-48(16-18-54)43-110-78(97)85-42-55-36-51-11-7-9-13-59(51)86(55)76(95)57-39-64(102-5)66(41-61(57)85)109-45-50-33-49(34-53(35-50)77(96)103-6)44-108-65-40-58-56(38-63(65)101-4)75(94)87-60-14-10-8-12-52(60)37-62(87)74(82-58)111(98,99)100/h7-20,33-35,38-41,46-47,55,62,71,74,82H,21-32,36-37,42-45H2,1-6H3,(H,79,88)(H,80,93)(H,81,92)(H,83,89)(H,98,99,100)/t47-,55-,62-,71-,74?/m0/s1. The fourth-order valence-electron chi connectivity index (χ4n) is 13.3. The fourth-order valence-corrected chi connectivity index (χ4v) is 14.2. The molecule has 0 radical (unpaired) electrons. The van der Waals surface area contributed by atoms with Crippen molar-refractivity contribution in [2.24, 2.45) is 5.92 Å². The Morgan fingerprint density at radius 1 is 0.586 bits per heavy atom. The second-order valence-electron chi connectivity index (χ2n) is 26.8. The van der Waals surface area contributed by atoms with E-state index in [0.717, 1.165) is 28.2 Å². The van der Waals surface area contributed by atoms with Crippen molar-refractivity contribution in [3.05, 3.63) is 172 Å². The summed E-state index contributed by atoms with van der Waals surface area (Å²) in [5, 5.41) is 12.1. The number of para-hydroxylation sites is 2. The monoisotopic (exact) mass is 1550 g/mol. The number of hydrogen-bond acceptors (Lipinski definition) is 23. The van der Waals surface area contributed by atoms with Gasteiger partial charge in [0.1, 0.15) is 31.9 Å². The highest BCUT2D eigenvalue weighted by atomic mass is 32.2.